The molecule has 0 aromatic heterocycles. The number of methoxy groups -OCH3 is 4. The van der Waals surface area contributed by atoms with Gasteiger partial charge in [0.25, 0.3) is 5.91 Å². The summed E-state index contributed by atoms with van der Waals surface area (Å²) in [5.74, 6) is 0.539. The first-order valence-electron chi connectivity index (χ1n) is 8.89. The average molecular weight is 403 g/mol. The van der Waals surface area contributed by atoms with Crippen LogP contribution < -0.4 is 24.3 Å². The van der Waals surface area contributed by atoms with Crippen LogP contribution in [0.15, 0.2) is 36.4 Å². The van der Waals surface area contributed by atoms with E-state index < -0.39 is 18.5 Å². The highest BCUT2D eigenvalue weighted by atomic mass is 16.5. The number of carbonyl (C=O) groups excluding carboxylic acids is 2. The molecular weight excluding hydrogens is 378 g/mol. The number of esters is 1. The molecule has 2 aromatic rings. The number of nitrogens with one attached hydrogen (secondary N) is 1. The van der Waals surface area contributed by atoms with E-state index >= 15 is 0 Å². The maximum Gasteiger partial charge on any atom is 0.342 e. The minimum atomic E-state index is -0.701. The molecule has 0 saturated heterocycles. The van der Waals surface area contributed by atoms with Gasteiger partial charge in [-0.1, -0.05) is 12.1 Å². The summed E-state index contributed by atoms with van der Waals surface area (Å²) < 4.78 is 25.9. The number of rotatable bonds is 10. The van der Waals surface area contributed by atoms with Crippen LogP contribution in [0.5, 0.6) is 23.0 Å². The Morgan fingerprint density at radius 1 is 0.828 bits per heavy atom. The third-order valence-corrected chi connectivity index (χ3v) is 4.15. The van der Waals surface area contributed by atoms with Crippen LogP contribution in [0, 0.1) is 0 Å². The molecule has 0 aliphatic heterocycles. The predicted molar refractivity (Wildman–Crippen MR) is 106 cm³/mol. The fraction of sp³-hybridized carbons (Fsp3) is 0.333. The van der Waals surface area contributed by atoms with Crippen molar-refractivity contribution in [2.45, 2.75) is 6.42 Å². The molecule has 2 rings (SSSR count). The van der Waals surface area contributed by atoms with Gasteiger partial charge < -0.3 is 29.0 Å². The fourth-order valence-corrected chi connectivity index (χ4v) is 2.66. The van der Waals surface area contributed by atoms with Crippen molar-refractivity contribution in [2.24, 2.45) is 0 Å². The van der Waals surface area contributed by atoms with Crippen LogP contribution in [-0.2, 0) is 16.0 Å². The molecule has 0 spiro atoms. The molecule has 1 N–H and O–H groups in total. The van der Waals surface area contributed by atoms with Gasteiger partial charge in [0.05, 0.1) is 28.4 Å². The van der Waals surface area contributed by atoms with Crippen LogP contribution in [0.25, 0.3) is 0 Å². The van der Waals surface area contributed by atoms with Gasteiger partial charge in [-0.15, -0.1) is 0 Å². The number of benzene rings is 2. The zero-order valence-corrected chi connectivity index (χ0v) is 16.9. The second kappa shape index (κ2) is 10.8. The highest BCUT2D eigenvalue weighted by molar-refractivity contribution is 5.95. The Kier molecular flexibility index (Phi) is 8.14. The van der Waals surface area contributed by atoms with Crippen LogP contribution in [0.1, 0.15) is 15.9 Å². The molecule has 0 atom stereocenters. The maximum atomic E-state index is 12.4. The lowest BCUT2D eigenvalue weighted by Crippen LogP contribution is -2.30. The standard InChI is InChI=1S/C21H25NO7/c1-25-15-7-5-14(6-8-15)11-12-22-18(23)13-29-21(24)16-9-10-17(26-2)20(28-4)19(16)27-3/h5-10H,11-13H2,1-4H3,(H,22,23). The highest BCUT2D eigenvalue weighted by Gasteiger charge is 2.22. The lowest BCUT2D eigenvalue weighted by Gasteiger charge is -2.15. The zero-order valence-electron chi connectivity index (χ0n) is 16.9. The Morgan fingerprint density at radius 3 is 2.10 bits per heavy atom. The summed E-state index contributed by atoms with van der Waals surface area (Å²) in [7, 11) is 5.92. The van der Waals surface area contributed by atoms with Crippen molar-refractivity contribution in [1.82, 2.24) is 5.32 Å². The normalized spacial score (nSPS) is 10.1. The van der Waals surface area contributed by atoms with Gasteiger partial charge in [-0.2, -0.15) is 0 Å². The van der Waals surface area contributed by atoms with Gasteiger partial charge in [0.1, 0.15) is 11.3 Å². The minimum absolute atomic E-state index is 0.135. The van der Waals surface area contributed by atoms with Crippen LogP contribution in [0.4, 0.5) is 0 Å². The van der Waals surface area contributed by atoms with Crippen molar-refractivity contribution in [2.75, 3.05) is 41.6 Å². The largest absolute Gasteiger partial charge is 0.497 e. The average Bonchev–Trinajstić information content (AvgIpc) is 2.76. The first kappa shape index (κ1) is 21.9. The molecule has 0 aliphatic rings. The van der Waals surface area contributed by atoms with Gasteiger partial charge in [-0.25, -0.2) is 4.79 Å². The maximum absolute atomic E-state index is 12.4. The number of carbonyl (C=O) groups is 2. The van der Waals surface area contributed by atoms with E-state index in [1.165, 1.54) is 27.4 Å². The van der Waals surface area contributed by atoms with Crippen molar-refractivity contribution >= 4 is 11.9 Å². The van der Waals surface area contributed by atoms with E-state index in [1.807, 2.05) is 24.3 Å². The van der Waals surface area contributed by atoms with Crippen LogP contribution in [0.3, 0.4) is 0 Å². The molecule has 0 heterocycles. The Hall–Kier alpha value is -3.42. The quantitative estimate of drug-likeness (QED) is 0.608. The summed E-state index contributed by atoms with van der Waals surface area (Å²) in [5, 5.41) is 2.71. The Balaban J connectivity index is 1.87. The monoisotopic (exact) mass is 403 g/mol. The SMILES string of the molecule is COc1ccc(CCNC(=O)COC(=O)c2ccc(OC)c(OC)c2OC)cc1. The highest BCUT2D eigenvalue weighted by Crippen LogP contribution is 2.39. The predicted octanol–water partition coefficient (Wildman–Crippen LogP) is 2.24. The summed E-state index contributed by atoms with van der Waals surface area (Å²) in [6.45, 7) is 0.0152. The molecule has 0 saturated carbocycles. The lowest BCUT2D eigenvalue weighted by molar-refractivity contribution is -0.124. The fourth-order valence-electron chi connectivity index (χ4n) is 2.66. The van der Waals surface area contributed by atoms with E-state index in [0.29, 0.717) is 18.7 Å². The smallest absolute Gasteiger partial charge is 0.342 e. The topological polar surface area (TPSA) is 92.3 Å². The van der Waals surface area contributed by atoms with E-state index in [2.05, 4.69) is 5.32 Å². The Labute approximate surface area is 169 Å². The van der Waals surface area contributed by atoms with Gasteiger partial charge in [0.2, 0.25) is 5.75 Å². The van der Waals surface area contributed by atoms with E-state index in [4.69, 9.17) is 23.7 Å². The molecule has 2 aromatic carbocycles. The molecule has 0 fully saturated rings. The third-order valence-electron chi connectivity index (χ3n) is 4.15. The summed E-state index contributed by atoms with van der Waals surface area (Å²) in [6, 6.07) is 10.6. The minimum Gasteiger partial charge on any atom is -0.497 e. The van der Waals surface area contributed by atoms with Crippen molar-refractivity contribution in [1.29, 1.82) is 0 Å². The van der Waals surface area contributed by atoms with Crippen LogP contribution in [-0.4, -0.2) is 53.5 Å². The van der Waals surface area contributed by atoms with E-state index in [0.717, 1.165) is 11.3 Å². The molecule has 8 heteroatoms. The van der Waals surface area contributed by atoms with Crippen molar-refractivity contribution in [3.8, 4) is 23.0 Å². The molecule has 29 heavy (non-hydrogen) atoms. The van der Waals surface area contributed by atoms with Crippen LogP contribution >= 0.6 is 0 Å². The lowest BCUT2D eigenvalue weighted by atomic mass is 10.1. The second-order valence-corrected chi connectivity index (χ2v) is 5.91. The summed E-state index contributed by atoms with van der Waals surface area (Å²) in [4.78, 5) is 24.3. The summed E-state index contributed by atoms with van der Waals surface area (Å²) >= 11 is 0. The number of amides is 1. The first-order valence-corrected chi connectivity index (χ1v) is 8.89. The zero-order chi connectivity index (χ0) is 21.2. The molecular formula is C21H25NO7. The summed E-state index contributed by atoms with van der Waals surface area (Å²) in [6.07, 6.45) is 0.646. The van der Waals surface area contributed by atoms with Gasteiger partial charge in [0.15, 0.2) is 18.1 Å². The van der Waals surface area contributed by atoms with Crippen LogP contribution in [0.2, 0.25) is 0 Å². The van der Waals surface area contributed by atoms with Gasteiger partial charge in [-0.3, -0.25) is 4.79 Å². The Bertz CT molecular complexity index is 834. The van der Waals surface area contributed by atoms with Crippen molar-refractivity contribution in [3.63, 3.8) is 0 Å². The third kappa shape index (κ3) is 5.78. The van der Waals surface area contributed by atoms with E-state index in [9.17, 15) is 9.59 Å². The Morgan fingerprint density at radius 2 is 1.52 bits per heavy atom. The van der Waals surface area contributed by atoms with E-state index in [1.54, 1.807) is 13.2 Å². The van der Waals surface area contributed by atoms with Gasteiger partial charge in [-0.05, 0) is 36.2 Å². The molecule has 0 bridgehead atoms. The summed E-state index contributed by atoms with van der Waals surface area (Å²) in [5.41, 5.74) is 1.19. The number of hydrogen-bond acceptors (Lipinski definition) is 7. The van der Waals surface area contributed by atoms with Gasteiger partial charge >= 0.3 is 5.97 Å². The van der Waals surface area contributed by atoms with Crippen molar-refractivity contribution in [3.05, 3.63) is 47.5 Å². The molecule has 0 unspecified atom stereocenters. The molecule has 1 amide bonds. The molecule has 156 valence electrons. The number of ether oxygens (including phenoxy) is 5. The van der Waals surface area contributed by atoms with Gasteiger partial charge in [0, 0.05) is 6.54 Å². The molecule has 0 aliphatic carbocycles. The number of hydrogen-bond donors (Lipinski definition) is 1. The van der Waals surface area contributed by atoms with E-state index in [-0.39, 0.29) is 17.1 Å². The molecule has 8 nitrogen and oxygen atoms in total. The first-order chi connectivity index (χ1) is 14.0. The second-order valence-electron chi connectivity index (χ2n) is 5.91. The van der Waals surface area contributed by atoms with Crippen molar-refractivity contribution < 1.29 is 33.3 Å². The molecule has 0 radical (unpaired) electrons.